The number of anilines is 1. The van der Waals surface area contributed by atoms with Crippen molar-refractivity contribution >= 4 is 5.82 Å². The monoisotopic (exact) mass is 301 g/mol. The molecule has 3 rings (SSSR count). The van der Waals surface area contributed by atoms with Gasteiger partial charge in [0.05, 0.1) is 18.3 Å². The third kappa shape index (κ3) is 3.65. The average Bonchev–Trinajstić information content (AvgIpc) is 3.29. The molecular weight excluding hydrogens is 283 g/mol. The molecule has 0 aromatic carbocycles. The molecule has 21 heavy (non-hydrogen) atoms. The number of ether oxygens (including phenoxy) is 1. The van der Waals surface area contributed by atoms with Crippen molar-refractivity contribution in [3.05, 3.63) is 23.9 Å². The van der Waals surface area contributed by atoms with Crippen molar-refractivity contribution in [3.8, 4) is 0 Å². The van der Waals surface area contributed by atoms with E-state index in [0.29, 0.717) is 19.2 Å². The van der Waals surface area contributed by atoms with Crippen molar-refractivity contribution in [2.24, 2.45) is 0 Å². The number of nitrogens with one attached hydrogen (secondary N) is 1. The summed E-state index contributed by atoms with van der Waals surface area (Å²) in [6.45, 7) is 2.66. The molecule has 1 aliphatic carbocycles. The zero-order chi connectivity index (χ0) is 14.9. The van der Waals surface area contributed by atoms with E-state index in [0.717, 1.165) is 19.2 Å². The molecule has 2 fully saturated rings. The zero-order valence-corrected chi connectivity index (χ0v) is 11.6. The van der Waals surface area contributed by atoms with Crippen LogP contribution in [-0.4, -0.2) is 48.3 Å². The summed E-state index contributed by atoms with van der Waals surface area (Å²) in [5.74, 6) is -0.128. The quantitative estimate of drug-likeness (QED) is 0.926. The Balaban J connectivity index is 1.60. The van der Waals surface area contributed by atoms with E-state index in [-0.39, 0.29) is 11.9 Å². The van der Waals surface area contributed by atoms with E-state index >= 15 is 0 Å². The van der Waals surface area contributed by atoms with Crippen LogP contribution < -0.4 is 5.32 Å². The van der Waals surface area contributed by atoms with E-state index in [1.54, 1.807) is 0 Å². The van der Waals surface area contributed by atoms with Gasteiger partial charge in [-0.15, -0.1) is 0 Å². The molecule has 0 bridgehead atoms. The van der Waals surface area contributed by atoms with E-state index in [1.165, 1.54) is 25.1 Å². The molecule has 1 unspecified atom stereocenters. The molecular formula is C14H18F3N3O. The number of alkyl halides is 3. The maximum absolute atomic E-state index is 12.9. The third-order valence-electron chi connectivity index (χ3n) is 3.84. The average molecular weight is 301 g/mol. The van der Waals surface area contributed by atoms with Gasteiger partial charge in [0.15, 0.2) is 0 Å². The van der Waals surface area contributed by atoms with E-state index in [2.05, 4.69) is 15.2 Å². The van der Waals surface area contributed by atoms with Gasteiger partial charge in [-0.2, -0.15) is 13.2 Å². The number of hydrogen-bond acceptors (Lipinski definition) is 4. The molecule has 1 saturated carbocycles. The molecule has 1 N–H and O–H groups in total. The molecule has 1 saturated heterocycles. The molecule has 1 aliphatic heterocycles. The first kappa shape index (κ1) is 14.6. The Labute approximate surface area is 121 Å². The number of pyridine rings is 1. The van der Waals surface area contributed by atoms with Crippen LogP contribution in [0, 0.1) is 0 Å². The fourth-order valence-electron chi connectivity index (χ4n) is 2.62. The molecule has 1 aromatic rings. The number of hydrogen-bond donors (Lipinski definition) is 1. The third-order valence-corrected chi connectivity index (χ3v) is 3.84. The predicted molar refractivity (Wildman–Crippen MR) is 72.1 cm³/mol. The van der Waals surface area contributed by atoms with Gasteiger partial charge in [-0.3, -0.25) is 4.90 Å². The summed E-state index contributed by atoms with van der Waals surface area (Å²) in [4.78, 5) is 6.16. The fourth-order valence-corrected chi connectivity index (χ4v) is 2.62. The molecule has 1 atom stereocenters. The van der Waals surface area contributed by atoms with E-state index in [4.69, 9.17) is 4.74 Å². The Kier molecular flexibility index (Phi) is 4.03. The van der Waals surface area contributed by atoms with Crippen LogP contribution in [0.1, 0.15) is 18.4 Å². The minimum Gasteiger partial charge on any atom is -0.374 e. The predicted octanol–water partition coefficient (Wildman–Crippen LogP) is 2.38. The fraction of sp³-hybridized carbons (Fsp3) is 0.643. The highest BCUT2D eigenvalue weighted by Gasteiger charge is 2.35. The molecule has 0 radical (unpaired) electrons. The highest BCUT2D eigenvalue weighted by atomic mass is 19.4. The van der Waals surface area contributed by atoms with Crippen LogP contribution in [0.2, 0.25) is 0 Å². The van der Waals surface area contributed by atoms with Gasteiger partial charge in [0.25, 0.3) is 0 Å². The van der Waals surface area contributed by atoms with Crippen molar-refractivity contribution in [3.63, 3.8) is 0 Å². The van der Waals surface area contributed by atoms with Gasteiger partial charge >= 0.3 is 6.18 Å². The number of morpholine rings is 1. The summed E-state index contributed by atoms with van der Waals surface area (Å²) in [5.41, 5.74) is -0.736. The second-order valence-electron chi connectivity index (χ2n) is 5.50. The van der Waals surface area contributed by atoms with Gasteiger partial charge in [0.1, 0.15) is 5.82 Å². The normalized spacial score (nSPS) is 24.0. The van der Waals surface area contributed by atoms with Crippen LogP contribution in [0.3, 0.4) is 0 Å². The molecule has 116 valence electrons. The van der Waals surface area contributed by atoms with Crippen LogP contribution in [0.25, 0.3) is 0 Å². The van der Waals surface area contributed by atoms with E-state index in [1.807, 2.05) is 0 Å². The Morgan fingerprint density at radius 2 is 2.19 bits per heavy atom. The molecule has 2 aliphatic rings. The number of nitrogens with zero attached hydrogens (tertiary/aromatic N) is 2. The standard InChI is InChI=1S/C14H18F3N3O/c15-14(16,17)12-2-1-5-18-13(12)19-8-11-9-20(6-7-21-11)10-3-4-10/h1-2,5,10-11H,3-4,6-9H2,(H,18,19). The maximum atomic E-state index is 12.9. The second-order valence-corrected chi connectivity index (χ2v) is 5.50. The Morgan fingerprint density at radius 1 is 1.38 bits per heavy atom. The first-order chi connectivity index (χ1) is 10.0. The summed E-state index contributed by atoms with van der Waals surface area (Å²) < 4.78 is 44.2. The summed E-state index contributed by atoms with van der Waals surface area (Å²) >= 11 is 0. The van der Waals surface area contributed by atoms with Crippen LogP contribution >= 0.6 is 0 Å². The minimum atomic E-state index is -4.40. The SMILES string of the molecule is FC(F)(F)c1cccnc1NCC1CN(C2CC2)CCO1. The molecule has 0 spiro atoms. The summed E-state index contributed by atoms with van der Waals surface area (Å²) in [6.07, 6.45) is -0.695. The number of aromatic nitrogens is 1. The van der Waals surface area contributed by atoms with Crippen molar-refractivity contribution in [2.45, 2.75) is 31.2 Å². The largest absolute Gasteiger partial charge is 0.419 e. The summed E-state index contributed by atoms with van der Waals surface area (Å²) in [5, 5.41) is 2.79. The number of rotatable bonds is 4. The van der Waals surface area contributed by atoms with Crippen LogP contribution in [0.15, 0.2) is 18.3 Å². The van der Waals surface area contributed by atoms with Crippen molar-refractivity contribution in [1.29, 1.82) is 0 Å². The minimum absolute atomic E-state index is 0.0950. The van der Waals surface area contributed by atoms with Gasteiger partial charge in [-0.05, 0) is 25.0 Å². The Hall–Kier alpha value is -1.34. The number of halogens is 3. The Bertz CT molecular complexity index is 491. The lowest BCUT2D eigenvalue weighted by atomic mass is 10.2. The highest BCUT2D eigenvalue weighted by Crippen LogP contribution is 2.33. The summed E-state index contributed by atoms with van der Waals surface area (Å²) in [6, 6.07) is 2.98. The van der Waals surface area contributed by atoms with Gasteiger partial charge in [0, 0.05) is 31.9 Å². The second kappa shape index (κ2) is 5.81. The van der Waals surface area contributed by atoms with Gasteiger partial charge < -0.3 is 10.1 Å². The lowest BCUT2D eigenvalue weighted by Gasteiger charge is -2.33. The first-order valence-corrected chi connectivity index (χ1v) is 7.16. The van der Waals surface area contributed by atoms with E-state index in [9.17, 15) is 13.2 Å². The van der Waals surface area contributed by atoms with Gasteiger partial charge in [0.2, 0.25) is 0 Å². The molecule has 1 aromatic heterocycles. The van der Waals surface area contributed by atoms with Crippen molar-refractivity contribution < 1.29 is 17.9 Å². The van der Waals surface area contributed by atoms with Gasteiger partial charge in [-0.1, -0.05) is 0 Å². The molecule has 7 heteroatoms. The highest BCUT2D eigenvalue weighted by molar-refractivity contribution is 5.45. The van der Waals surface area contributed by atoms with Gasteiger partial charge in [-0.25, -0.2) is 4.98 Å². The smallest absolute Gasteiger partial charge is 0.374 e. The molecule has 0 amide bonds. The lowest BCUT2D eigenvalue weighted by molar-refractivity contribution is -0.137. The lowest BCUT2D eigenvalue weighted by Crippen LogP contribution is -2.46. The topological polar surface area (TPSA) is 37.4 Å². The Morgan fingerprint density at radius 3 is 2.90 bits per heavy atom. The van der Waals surface area contributed by atoms with Crippen LogP contribution in [-0.2, 0) is 10.9 Å². The maximum Gasteiger partial charge on any atom is 0.419 e. The van der Waals surface area contributed by atoms with Crippen molar-refractivity contribution in [1.82, 2.24) is 9.88 Å². The van der Waals surface area contributed by atoms with Crippen LogP contribution in [0.4, 0.5) is 19.0 Å². The summed E-state index contributed by atoms with van der Waals surface area (Å²) in [7, 11) is 0. The molecule has 4 nitrogen and oxygen atoms in total. The van der Waals surface area contributed by atoms with E-state index < -0.39 is 11.7 Å². The van der Waals surface area contributed by atoms with Crippen LogP contribution in [0.5, 0.6) is 0 Å². The zero-order valence-electron chi connectivity index (χ0n) is 11.6. The first-order valence-electron chi connectivity index (χ1n) is 7.16. The van der Waals surface area contributed by atoms with Crippen molar-refractivity contribution in [2.75, 3.05) is 31.6 Å². The molecule has 2 heterocycles.